The van der Waals surface area contributed by atoms with Gasteiger partial charge in [0, 0.05) is 12.1 Å². The first kappa shape index (κ1) is 24.4. The number of hydrogen-bond acceptors (Lipinski definition) is 7. The van der Waals surface area contributed by atoms with E-state index >= 15 is 0 Å². The van der Waals surface area contributed by atoms with Gasteiger partial charge < -0.3 is 26.1 Å². The standard InChI is InChI=1S/C21H31N5O4S/c1-7-21(5,6)24-19(28)16(13-9-8-12(4)30-13)26(10-11(2)3)20(29)17-14(22)15(18(23)27)25-31-17/h8-9,11,16H,7,10,22H2,1-6H3,(H2,23,27)(H,24,28). The summed E-state index contributed by atoms with van der Waals surface area (Å²) in [7, 11) is 0. The fourth-order valence-corrected chi connectivity index (χ4v) is 3.73. The topological polar surface area (TPSA) is 145 Å². The number of furan rings is 1. The van der Waals surface area contributed by atoms with Crippen LogP contribution in [-0.4, -0.2) is 39.1 Å². The van der Waals surface area contributed by atoms with Crippen LogP contribution in [0.1, 0.15) is 78.8 Å². The molecule has 2 rings (SSSR count). The molecule has 3 amide bonds. The molecule has 2 aromatic rings. The summed E-state index contributed by atoms with van der Waals surface area (Å²) in [5.74, 6) is -0.696. The van der Waals surface area contributed by atoms with Crippen LogP contribution in [-0.2, 0) is 4.79 Å². The van der Waals surface area contributed by atoms with Crippen LogP contribution in [0.3, 0.4) is 0 Å². The number of carbonyl (C=O) groups excluding carboxylic acids is 3. The molecule has 0 aliphatic carbocycles. The van der Waals surface area contributed by atoms with Crippen molar-refractivity contribution in [3.05, 3.63) is 34.2 Å². The number of nitrogens with one attached hydrogen (secondary N) is 1. The molecule has 9 nitrogen and oxygen atoms in total. The first-order valence-corrected chi connectivity index (χ1v) is 10.9. The Morgan fingerprint density at radius 2 is 1.94 bits per heavy atom. The minimum absolute atomic E-state index is 0.0410. The lowest BCUT2D eigenvalue weighted by Crippen LogP contribution is -2.50. The molecule has 2 heterocycles. The fraction of sp³-hybridized carbons (Fsp3) is 0.524. The zero-order valence-corrected chi connectivity index (χ0v) is 19.6. The molecule has 31 heavy (non-hydrogen) atoms. The highest BCUT2D eigenvalue weighted by Gasteiger charge is 2.38. The molecule has 2 aromatic heterocycles. The molecule has 0 aliphatic heterocycles. The molecule has 0 saturated heterocycles. The number of amides is 3. The Balaban J connectivity index is 2.56. The molecular weight excluding hydrogens is 418 g/mol. The first-order chi connectivity index (χ1) is 14.4. The van der Waals surface area contributed by atoms with Gasteiger partial charge in [-0.15, -0.1) is 0 Å². The summed E-state index contributed by atoms with van der Waals surface area (Å²) in [6.07, 6.45) is 0.699. The zero-order chi connectivity index (χ0) is 23.5. The highest BCUT2D eigenvalue weighted by atomic mass is 32.1. The van der Waals surface area contributed by atoms with Crippen molar-refractivity contribution in [2.45, 2.75) is 59.5 Å². The Labute approximate surface area is 186 Å². The van der Waals surface area contributed by atoms with Crippen LogP contribution in [0.5, 0.6) is 0 Å². The van der Waals surface area contributed by atoms with E-state index in [1.807, 2.05) is 34.6 Å². The van der Waals surface area contributed by atoms with Crippen LogP contribution in [0, 0.1) is 12.8 Å². The largest absolute Gasteiger partial charge is 0.464 e. The number of hydrogen-bond donors (Lipinski definition) is 3. The summed E-state index contributed by atoms with van der Waals surface area (Å²) in [6.45, 7) is 11.7. The van der Waals surface area contributed by atoms with Crippen LogP contribution < -0.4 is 16.8 Å². The van der Waals surface area contributed by atoms with Crippen molar-refractivity contribution in [3.63, 3.8) is 0 Å². The third-order valence-electron chi connectivity index (χ3n) is 4.91. The maximum Gasteiger partial charge on any atom is 0.270 e. The zero-order valence-electron chi connectivity index (χ0n) is 18.8. The number of nitrogens with two attached hydrogens (primary N) is 2. The lowest BCUT2D eigenvalue weighted by Gasteiger charge is -2.34. The second-order valence-corrected chi connectivity index (χ2v) is 9.34. The third-order valence-corrected chi connectivity index (χ3v) is 5.77. The molecule has 0 radical (unpaired) electrons. The summed E-state index contributed by atoms with van der Waals surface area (Å²) < 4.78 is 9.69. The first-order valence-electron chi connectivity index (χ1n) is 10.1. The van der Waals surface area contributed by atoms with Crippen molar-refractivity contribution in [2.75, 3.05) is 12.3 Å². The normalized spacial score (nSPS) is 12.6. The van der Waals surface area contributed by atoms with Crippen LogP contribution in [0.4, 0.5) is 5.69 Å². The van der Waals surface area contributed by atoms with Crippen molar-refractivity contribution in [1.29, 1.82) is 0 Å². The number of aryl methyl sites for hydroxylation is 1. The van der Waals surface area contributed by atoms with Crippen molar-refractivity contribution in [2.24, 2.45) is 11.7 Å². The molecule has 0 spiro atoms. The Hall–Kier alpha value is -2.88. The Morgan fingerprint density at radius 3 is 2.39 bits per heavy atom. The van der Waals surface area contributed by atoms with Crippen LogP contribution >= 0.6 is 11.5 Å². The van der Waals surface area contributed by atoms with Gasteiger partial charge in [-0.2, -0.15) is 4.37 Å². The monoisotopic (exact) mass is 449 g/mol. The molecule has 0 aliphatic rings. The average molecular weight is 450 g/mol. The van der Waals surface area contributed by atoms with Gasteiger partial charge in [0.1, 0.15) is 16.4 Å². The lowest BCUT2D eigenvalue weighted by molar-refractivity contribution is -0.128. The highest BCUT2D eigenvalue weighted by Crippen LogP contribution is 2.31. The predicted octanol–water partition coefficient (Wildman–Crippen LogP) is 2.87. The van der Waals surface area contributed by atoms with E-state index in [-0.39, 0.29) is 34.6 Å². The van der Waals surface area contributed by atoms with E-state index < -0.39 is 23.4 Å². The van der Waals surface area contributed by atoms with Crippen LogP contribution in [0.15, 0.2) is 16.5 Å². The summed E-state index contributed by atoms with van der Waals surface area (Å²) >= 11 is 0.786. The van der Waals surface area contributed by atoms with E-state index in [9.17, 15) is 14.4 Å². The van der Waals surface area contributed by atoms with E-state index in [4.69, 9.17) is 15.9 Å². The quantitative estimate of drug-likeness (QED) is 0.537. The van der Waals surface area contributed by atoms with Gasteiger partial charge in [-0.25, -0.2) is 0 Å². The van der Waals surface area contributed by atoms with Gasteiger partial charge in [0.15, 0.2) is 11.7 Å². The van der Waals surface area contributed by atoms with Gasteiger partial charge >= 0.3 is 0 Å². The molecule has 1 unspecified atom stereocenters. The molecule has 10 heteroatoms. The lowest BCUT2D eigenvalue weighted by atomic mass is 10.00. The van der Waals surface area contributed by atoms with E-state index in [0.29, 0.717) is 17.9 Å². The number of nitrogens with zero attached hydrogens (tertiary/aromatic N) is 2. The molecule has 0 saturated carbocycles. The van der Waals surface area contributed by atoms with Gasteiger partial charge in [0.05, 0.1) is 5.69 Å². The SMILES string of the molecule is CCC(C)(C)NC(=O)C(c1ccc(C)o1)N(CC(C)C)C(=O)c1snc(C(N)=O)c1N. The fourth-order valence-electron chi connectivity index (χ4n) is 2.97. The van der Waals surface area contributed by atoms with Gasteiger partial charge in [-0.1, -0.05) is 20.8 Å². The maximum absolute atomic E-state index is 13.5. The molecule has 0 fully saturated rings. The van der Waals surface area contributed by atoms with Crippen molar-refractivity contribution in [3.8, 4) is 0 Å². The summed E-state index contributed by atoms with van der Waals surface area (Å²) in [4.78, 5) is 40.0. The number of anilines is 1. The minimum Gasteiger partial charge on any atom is -0.464 e. The third kappa shape index (κ3) is 5.63. The number of nitrogen functional groups attached to an aromatic ring is 1. The number of primary amides is 1. The number of rotatable bonds is 9. The van der Waals surface area contributed by atoms with Crippen molar-refractivity contribution < 1.29 is 18.8 Å². The summed E-state index contributed by atoms with van der Waals surface area (Å²) in [5, 5.41) is 3.00. The second kappa shape index (κ2) is 9.51. The number of carbonyl (C=O) groups is 3. The van der Waals surface area contributed by atoms with E-state index in [1.165, 1.54) is 4.90 Å². The van der Waals surface area contributed by atoms with Gasteiger partial charge in [-0.3, -0.25) is 14.4 Å². The molecule has 0 bridgehead atoms. The van der Waals surface area contributed by atoms with Crippen molar-refractivity contribution >= 4 is 34.9 Å². The number of aromatic nitrogens is 1. The second-order valence-electron chi connectivity index (χ2n) is 8.57. The predicted molar refractivity (Wildman–Crippen MR) is 120 cm³/mol. The molecule has 1 atom stereocenters. The van der Waals surface area contributed by atoms with E-state index in [1.54, 1.807) is 19.1 Å². The highest BCUT2D eigenvalue weighted by molar-refractivity contribution is 7.09. The molecule has 5 N–H and O–H groups in total. The molecule has 170 valence electrons. The van der Waals surface area contributed by atoms with Crippen LogP contribution in [0.25, 0.3) is 0 Å². The smallest absolute Gasteiger partial charge is 0.270 e. The Morgan fingerprint density at radius 1 is 1.29 bits per heavy atom. The van der Waals surface area contributed by atoms with Gasteiger partial charge in [0.2, 0.25) is 0 Å². The summed E-state index contributed by atoms with van der Waals surface area (Å²) in [6, 6.07) is 2.41. The van der Waals surface area contributed by atoms with Gasteiger partial charge in [0.25, 0.3) is 17.7 Å². The van der Waals surface area contributed by atoms with E-state index in [0.717, 1.165) is 11.5 Å². The van der Waals surface area contributed by atoms with Gasteiger partial charge in [-0.05, 0) is 56.8 Å². The Bertz CT molecular complexity index is 963. The van der Waals surface area contributed by atoms with Crippen LogP contribution in [0.2, 0.25) is 0 Å². The minimum atomic E-state index is -1.02. The average Bonchev–Trinajstić information content (AvgIpc) is 3.25. The summed E-state index contributed by atoms with van der Waals surface area (Å²) in [5.41, 5.74) is 10.6. The van der Waals surface area contributed by atoms with E-state index in [2.05, 4.69) is 9.69 Å². The van der Waals surface area contributed by atoms with Crippen molar-refractivity contribution in [1.82, 2.24) is 14.6 Å². The molecule has 0 aromatic carbocycles. The molecular formula is C21H31N5O4S. The Kier molecular flexibility index (Phi) is 7.48. The maximum atomic E-state index is 13.5.